The summed E-state index contributed by atoms with van der Waals surface area (Å²) in [6, 6.07) is 0. The van der Waals surface area contributed by atoms with Crippen LogP contribution >= 0.6 is 35.0 Å². The second-order valence-electron chi connectivity index (χ2n) is 7.20. The van der Waals surface area contributed by atoms with Crippen molar-refractivity contribution in [1.29, 1.82) is 0 Å². The molecule has 0 radical (unpaired) electrons. The molecule has 0 aromatic heterocycles. The van der Waals surface area contributed by atoms with Gasteiger partial charge >= 0.3 is 0 Å². The van der Waals surface area contributed by atoms with Crippen molar-refractivity contribution in [2.24, 2.45) is 16.8 Å². The molecule has 0 spiro atoms. The summed E-state index contributed by atoms with van der Waals surface area (Å²) in [5.41, 5.74) is 3.14. The van der Waals surface area contributed by atoms with Gasteiger partial charge in [0.25, 0.3) is 5.91 Å². The van der Waals surface area contributed by atoms with Crippen LogP contribution in [0.25, 0.3) is 0 Å². The maximum Gasteiger partial charge on any atom is 0.281 e. The van der Waals surface area contributed by atoms with E-state index in [2.05, 4.69) is 11.5 Å². The van der Waals surface area contributed by atoms with E-state index in [0.717, 1.165) is 30.0 Å². The van der Waals surface area contributed by atoms with Gasteiger partial charge in [-0.25, -0.2) is 10.0 Å². The lowest BCUT2D eigenvalue weighted by Crippen LogP contribution is -2.43. The summed E-state index contributed by atoms with van der Waals surface area (Å²) in [7, 11) is 0. The van der Waals surface area contributed by atoms with Crippen LogP contribution < -0.4 is 5.43 Å². The summed E-state index contributed by atoms with van der Waals surface area (Å²) in [4.78, 5) is 18.2. The second-order valence-corrected chi connectivity index (χ2v) is 9.48. The quantitative estimate of drug-likeness (QED) is 0.569. The number of alkyl halides is 2. The molecule has 4 atom stereocenters. The number of hydrogen-bond acceptors (Lipinski definition) is 4. The molecule has 3 unspecified atom stereocenters. The lowest BCUT2D eigenvalue weighted by atomic mass is 9.88. The Hall–Kier alpha value is -0.390. The number of aliphatic imine (C=N–C) groups is 1. The Morgan fingerprint density at radius 3 is 2.67 bits per heavy atom. The predicted octanol–water partition coefficient (Wildman–Crippen LogP) is 4.24. The van der Waals surface area contributed by atoms with Gasteiger partial charge in [0.15, 0.2) is 5.50 Å². The molecule has 7 heteroatoms. The first kappa shape index (κ1) is 17.0. The lowest BCUT2D eigenvalue weighted by molar-refractivity contribution is -0.127. The third-order valence-corrected chi connectivity index (χ3v) is 7.47. The van der Waals surface area contributed by atoms with Crippen LogP contribution in [0, 0.1) is 11.8 Å². The molecule has 4 aliphatic rings. The van der Waals surface area contributed by atoms with E-state index in [0.29, 0.717) is 5.92 Å². The maximum atomic E-state index is 12.7. The molecule has 2 heterocycles. The first-order chi connectivity index (χ1) is 11.6. The molecule has 24 heavy (non-hydrogen) atoms. The van der Waals surface area contributed by atoms with Gasteiger partial charge in [-0.3, -0.25) is 10.2 Å². The van der Waals surface area contributed by atoms with Crippen LogP contribution in [0.3, 0.4) is 0 Å². The Morgan fingerprint density at radius 1 is 1.17 bits per heavy atom. The number of amides is 1. The van der Waals surface area contributed by atoms with Gasteiger partial charge in [0.2, 0.25) is 0 Å². The number of nitrogens with zero attached hydrogens (tertiary/aromatic N) is 2. The topological polar surface area (TPSA) is 44.7 Å². The minimum Gasteiger partial charge on any atom is -0.280 e. The van der Waals surface area contributed by atoms with E-state index in [1.54, 1.807) is 16.8 Å². The van der Waals surface area contributed by atoms with Gasteiger partial charge in [-0.2, -0.15) is 0 Å². The zero-order chi connectivity index (χ0) is 16.7. The number of nitrogens with one attached hydrogen (secondary N) is 1. The van der Waals surface area contributed by atoms with Crippen LogP contribution in [-0.4, -0.2) is 33.0 Å². The molecule has 2 saturated carbocycles. The van der Waals surface area contributed by atoms with E-state index in [1.165, 1.54) is 32.1 Å². The second kappa shape index (κ2) is 7.08. The summed E-state index contributed by atoms with van der Waals surface area (Å²) < 4.78 is 0. The van der Waals surface area contributed by atoms with Crippen molar-refractivity contribution < 1.29 is 4.79 Å². The van der Waals surface area contributed by atoms with Gasteiger partial charge in [0.1, 0.15) is 5.84 Å². The third-order valence-electron chi connectivity index (χ3n) is 5.48. The van der Waals surface area contributed by atoms with Crippen molar-refractivity contribution >= 4 is 46.7 Å². The molecule has 1 N–H and O–H groups in total. The zero-order valence-corrected chi connectivity index (χ0v) is 15.9. The predicted molar refractivity (Wildman–Crippen MR) is 100 cm³/mol. The molecule has 0 aromatic carbocycles. The molecular formula is C17H23Cl2N3OS. The smallest absolute Gasteiger partial charge is 0.280 e. The largest absolute Gasteiger partial charge is 0.281 e. The fourth-order valence-corrected chi connectivity index (χ4v) is 5.98. The molecule has 2 aliphatic carbocycles. The van der Waals surface area contributed by atoms with Crippen LogP contribution in [0.1, 0.15) is 51.4 Å². The number of halogens is 2. The molecule has 2 aliphatic heterocycles. The molecule has 1 saturated heterocycles. The molecule has 3 fully saturated rings. The molecule has 132 valence electrons. The Bertz CT molecular complexity index is 576. The zero-order valence-electron chi connectivity index (χ0n) is 13.6. The van der Waals surface area contributed by atoms with Crippen molar-refractivity contribution in [3.63, 3.8) is 0 Å². The van der Waals surface area contributed by atoms with Crippen LogP contribution in [0.15, 0.2) is 16.0 Å². The van der Waals surface area contributed by atoms with Gasteiger partial charge in [0.05, 0.1) is 4.91 Å². The number of allylic oxidation sites excluding steroid dienone is 1. The van der Waals surface area contributed by atoms with Crippen LogP contribution in [-0.2, 0) is 4.79 Å². The Labute approximate surface area is 157 Å². The minimum atomic E-state index is -0.140. The maximum absolute atomic E-state index is 12.7. The molecule has 4 nitrogen and oxygen atoms in total. The van der Waals surface area contributed by atoms with E-state index >= 15 is 0 Å². The summed E-state index contributed by atoms with van der Waals surface area (Å²) in [5, 5.41) is 1.88. The number of carbonyl (C=O) groups excluding carboxylic acids is 1. The molecule has 1 amide bonds. The molecule has 0 bridgehead atoms. The van der Waals surface area contributed by atoms with Crippen molar-refractivity contribution in [3.8, 4) is 0 Å². The monoisotopic (exact) mass is 387 g/mol. The Morgan fingerprint density at radius 2 is 1.96 bits per heavy atom. The summed E-state index contributed by atoms with van der Waals surface area (Å²) in [5.74, 6) is 1.78. The van der Waals surface area contributed by atoms with Crippen molar-refractivity contribution in [2.45, 2.75) is 67.6 Å². The first-order valence-electron chi connectivity index (χ1n) is 8.96. The van der Waals surface area contributed by atoms with E-state index in [-0.39, 0.29) is 28.1 Å². The van der Waals surface area contributed by atoms with E-state index in [1.807, 2.05) is 0 Å². The number of hydrogen-bond donors (Lipinski definition) is 1. The van der Waals surface area contributed by atoms with Gasteiger partial charge in [-0.1, -0.05) is 37.1 Å². The molecule has 0 aromatic rings. The van der Waals surface area contributed by atoms with Gasteiger partial charge in [-0.05, 0) is 38.0 Å². The highest BCUT2D eigenvalue weighted by Crippen LogP contribution is 2.41. The fraction of sp³-hybridized carbons (Fsp3) is 0.765. The SMILES string of the molecule is O=C1/C(=C/C2CCC(Cl)CC2Cl)S[C@H]2N=C(C3CCCCC3)NN12. The van der Waals surface area contributed by atoms with E-state index in [9.17, 15) is 4.79 Å². The standard InChI is InChI=1S/C17H23Cl2N3OS/c18-12-7-6-11(13(19)9-12)8-14-16(23)22-17(24-14)20-15(21-22)10-4-2-1-3-5-10/h8,10-13,17H,1-7,9H2,(H,20,21)/b14-8-/t11?,12?,13?,17-/m0/s1. The normalized spacial score (nSPS) is 39.1. The number of rotatable bonds is 2. The van der Waals surface area contributed by atoms with E-state index < -0.39 is 0 Å². The number of hydrazine groups is 1. The van der Waals surface area contributed by atoms with Crippen molar-refractivity contribution in [2.75, 3.05) is 0 Å². The first-order valence-corrected chi connectivity index (χ1v) is 10.7. The summed E-state index contributed by atoms with van der Waals surface area (Å²) >= 11 is 14.2. The Kier molecular flexibility index (Phi) is 5.03. The highest BCUT2D eigenvalue weighted by molar-refractivity contribution is 8.05. The van der Waals surface area contributed by atoms with Crippen molar-refractivity contribution in [3.05, 3.63) is 11.0 Å². The van der Waals surface area contributed by atoms with Gasteiger partial charge in [0, 0.05) is 16.7 Å². The fourth-order valence-electron chi connectivity index (χ4n) is 4.05. The van der Waals surface area contributed by atoms with Gasteiger partial charge in [-0.15, -0.1) is 23.2 Å². The molecular weight excluding hydrogens is 365 g/mol. The van der Waals surface area contributed by atoms with E-state index in [4.69, 9.17) is 28.2 Å². The summed E-state index contributed by atoms with van der Waals surface area (Å²) in [6.07, 6.45) is 11.0. The molecule has 4 rings (SSSR count). The summed E-state index contributed by atoms with van der Waals surface area (Å²) in [6.45, 7) is 0. The number of fused-ring (bicyclic) bond motifs is 1. The highest BCUT2D eigenvalue weighted by Gasteiger charge is 2.43. The Balaban J connectivity index is 1.43. The van der Waals surface area contributed by atoms with Gasteiger partial charge < -0.3 is 0 Å². The average Bonchev–Trinajstić information content (AvgIpc) is 3.11. The third kappa shape index (κ3) is 3.32. The minimum absolute atomic E-state index is 0.0202. The number of carbonyl (C=O) groups is 1. The number of amidine groups is 1. The van der Waals surface area contributed by atoms with Crippen molar-refractivity contribution in [1.82, 2.24) is 10.4 Å². The highest BCUT2D eigenvalue weighted by atomic mass is 35.5. The number of thioether (sulfide) groups is 1. The van der Waals surface area contributed by atoms with Crippen LogP contribution in [0.5, 0.6) is 0 Å². The average molecular weight is 388 g/mol. The van der Waals surface area contributed by atoms with Crippen LogP contribution in [0.4, 0.5) is 0 Å². The lowest BCUT2D eigenvalue weighted by Gasteiger charge is -2.28. The van der Waals surface area contributed by atoms with Crippen LogP contribution in [0.2, 0.25) is 0 Å².